The van der Waals surface area contributed by atoms with Gasteiger partial charge in [0, 0.05) is 45.5 Å². The predicted octanol–water partition coefficient (Wildman–Crippen LogP) is 2.50. The minimum Gasteiger partial charge on any atom is -0.427 e. The number of piperidine rings is 1. The van der Waals surface area contributed by atoms with Crippen LogP contribution in [-0.4, -0.2) is 77.5 Å². The van der Waals surface area contributed by atoms with E-state index >= 15 is 0 Å². The third-order valence-electron chi connectivity index (χ3n) is 5.77. The first-order chi connectivity index (χ1) is 15.6. The number of amides is 1. The topological polar surface area (TPSA) is 96.5 Å². The van der Waals surface area contributed by atoms with E-state index in [2.05, 4.69) is 15.4 Å². The van der Waals surface area contributed by atoms with Crippen LogP contribution in [0.3, 0.4) is 0 Å². The summed E-state index contributed by atoms with van der Waals surface area (Å²) in [5, 5.41) is 2.17. The van der Waals surface area contributed by atoms with E-state index in [1.54, 1.807) is 43.0 Å². The maximum absolute atomic E-state index is 13.0. The molecule has 2 saturated heterocycles. The first kappa shape index (κ1) is 23.6. The number of rotatable bonds is 3. The molecule has 0 aromatic carbocycles. The van der Waals surface area contributed by atoms with Gasteiger partial charge in [0.25, 0.3) is 5.91 Å². The molecule has 1 N–H and O–H groups in total. The summed E-state index contributed by atoms with van der Waals surface area (Å²) in [5.41, 5.74) is 2.06. The monoisotopic (exact) mass is 479 g/mol. The highest BCUT2D eigenvalue weighted by molar-refractivity contribution is 6.32. The molecule has 1 aromatic heterocycles. The number of aromatic nitrogens is 1. The van der Waals surface area contributed by atoms with Crippen molar-refractivity contribution in [1.82, 2.24) is 20.4 Å². The van der Waals surface area contributed by atoms with Crippen molar-refractivity contribution in [2.75, 3.05) is 44.2 Å². The fourth-order valence-corrected chi connectivity index (χ4v) is 4.30. The minimum absolute atomic E-state index is 0.0916. The second-order valence-electron chi connectivity index (χ2n) is 9.40. The molecule has 0 atom stereocenters. The molecule has 3 aliphatic heterocycles. The van der Waals surface area contributed by atoms with Crippen molar-refractivity contribution in [2.45, 2.75) is 44.8 Å². The van der Waals surface area contributed by atoms with Gasteiger partial charge < -0.3 is 19.4 Å². The smallest absolute Gasteiger partial charge is 0.427 e. The Morgan fingerprint density at radius 1 is 1.15 bits per heavy atom. The van der Waals surface area contributed by atoms with Crippen LogP contribution in [0.15, 0.2) is 30.1 Å². The highest BCUT2D eigenvalue weighted by Crippen LogP contribution is 2.33. The number of carbonyl (C=O) groups is 2. The maximum Gasteiger partial charge on any atom is 0.528 e. The van der Waals surface area contributed by atoms with Crippen LogP contribution in [0.2, 0.25) is 5.02 Å². The Labute approximate surface area is 198 Å². The van der Waals surface area contributed by atoms with E-state index in [0.717, 1.165) is 5.82 Å². The SMILES string of the molecule is CC(C)(C)OC(=O)ON1CCC2(C=C(C(=O)N3CCN(c4ncccc4Cl)CC3)NO2)CC1. The molecule has 11 heteroatoms. The van der Waals surface area contributed by atoms with Crippen LogP contribution < -0.4 is 10.4 Å². The molecule has 0 aliphatic carbocycles. The lowest BCUT2D eigenvalue weighted by atomic mass is 9.91. The highest BCUT2D eigenvalue weighted by atomic mass is 35.5. The zero-order valence-corrected chi connectivity index (χ0v) is 19.9. The molecule has 0 unspecified atom stereocenters. The van der Waals surface area contributed by atoms with Crippen molar-refractivity contribution in [3.63, 3.8) is 0 Å². The van der Waals surface area contributed by atoms with Crippen molar-refractivity contribution in [2.24, 2.45) is 0 Å². The summed E-state index contributed by atoms with van der Waals surface area (Å²) in [7, 11) is 0. The molecule has 1 spiro atoms. The zero-order chi connectivity index (χ0) is 23.6. The quantitative estimate of drug-likeness (QED) is 0.656. The number of nitrogens with zero attached hydrogens (tertiary/aromatic N) is 4. The summed E-state index contributed by atoms with van der Waals surface area (Å²) >= 11 is 6.25. The number of hydrogen-bond acceptors (Lipinski definition) is 9. The molecular formula is C22H30ClN5O5. The lowest BCUT2D eigenvalue weighted by Gasteiger charge is -2.35. The molecule has 0 saturated carbocycles. The molecule has 180 valence electrons. The molecule has 0 bridgehead atoms. The zero-order valence-electron chi connectivity index (χ0n) is 19.2. The second-order valence-corrected chi connectivity index (χ2v) is 9.81. The number of carbonyl (C=O) groups excluding carboxylic acids is 2. The van der Waals surface area contributed by atoms with E-state index in [1.165, 1.54) is 0 Å². The first-order valence-corrected chi connectivity index (χ1v) is 11.5. The van der Waals surface area contributed by atoms with Gasteiger partial charge in [-0.25, -0.2) is 9.78 Å². The Morgan fingerprint density at radius 3 is 2.48 bits per heavy atom. The second kappa shape index (κ2) is 9.36. The summed E-state index contributed by atoms with van der Waals surface area (Å²) in [6, 6.07) is 3.61. The van der Waals surface area contributed by atoms with Gasteiger partial charge in [-0.2, -0.15) is 0 Å². The van der Waals surface area contributed by atoms with Gasteiger partial charge in [-0.1, -0.05) is 11.6 Å². The predicted molar refractivity (Wildman–Crippen MR) is 121 cm³/mol. The van der Waals surface area contributed by atoms with Crippen LogP contribution in [0.4, 0.5) is 10.6 Å². The van der Waals surface area contributed by atoms with Crippen LogP contribution in [0.25, 0.3) is 0 Å². The molecule has 2 fully saturated rings. The van der Waals surface area contributed by atoms with Crippen molar-refractivity contribution >= 4 is 29.5 Å². The summed E-state index contributed by atoms with van der Waals surface area (Å²) in [5.74, 6) is 0.651. The van der Waals surface area contributed by atoms with Crippen LogP contribution in [0, 0.1) is 0 Å². The number of hydrogen-bond donors (Lipinski definition) is 1. The Bertz CT molecular complexity index is 918. The van der Waals surface area contributed by atoms with Crippen LogP contribution in [0.1, 0.15) is 33.6 Å². The first-order valence-electron chi connectivity index (χ1n) is 11.1. The van der Waals surface area contributed by atoms with Gasteiger partial charge in [-0.05, 0) is 51.8 Å². The van der Waals surface area contributed by atoms with Crippen molar-refractivity contribution < 1.29 is 24.0 Å². The lowest BCUT2D eigenvalue weighted by Crippen LogP contribution is -2.50. The summed E-state index contributed by atoms with van der Waals surface area (Å²) in [4.78, 5) is 44.3. The average molecular weight is 480 g/mol. The minimum atomic E-state index is -0.721. The van der Waals surface area contributed by atoms with Crippen LogP contribution >= 0.6 is 11.6 Å². The molecule has 10 nitrogen and oxygen atoms in total. The normalized spacial score (nSPS) is 20.9. The standard InChI is InChI=1S/C22H30ClN5O5/c1-21(2,3)31-20(30)32-28-9-6-22(7-10-28)15-17(25-33-22)19(29)27-13-11-26(12-14-27)18-16(23)5-4-8-24-18/h4-5,8,15,25H,6-7,9-14H2,1-3H3. The fourth-order valence-electron chi connectivity index (χ4n) is 4.06. The Morgan fingerprint density at radius 2 is 1.85 bits per heavy atom. The number of piperazine rings is 1. The van der Waals surface area contributed by atoms with Gasteiger partial charge in [0.1, 0.15) is 22.7 Å². The molecule has 1 amide bonds. The van der Waals surface area contributed by atoms with Gasteiger partial charge in [-0.15, -0.1) is 5.06 Å². The highest BCUT2D eigenvalue weighted by Gasteiger charge is 2.42. The number of halogens is 1. The summed E-state index contributed by atoms with van der Waals surface area (Å²) < 4.78 is 5.19. The van der Waals surface area contributed by atoms with Crippen LogP contribution in [-0.2, 0) is 19.2 Å². The Kier molecular flexibility index (Phi) is 6.69. The van der Waals surface area contributed by atoms with Gasteiger partial charge in [0.05, 0.1) is 5.02 Å². The number of anilines is 1. The Balaban J connectivity index is 1.28. The van der Waals surface area contributed by atoms with Crippen LogP contribution in [0.5, 0.6) is 0 Å². The van der Waals surface area contributed by atoms with Crippen molar-refractivity contribution in [3.05, 3.63) is 35.1 Å². The third-order valence-corrected chi connectivity index (χ3v) is 6.06. The molecule has 33 heavy (non-hydrogen) atoms. The molecule has 3 aliphatic rings. The van der Waals surface area contributed by atoms with E-state index in [-0.39, 0.29) is 5.91 Å². The fraction of sp³-hybridized carbons (Fsp3) is 0.591. The molecular weight excluding hydrogens is 450 g/mol. The summed E-state index contributed by atoms with van der Waals surface area (Å²) in [6.45, 7) is 8.74. The van der Waals surface area contributed by atoms with Gasteiger partial charge in [-0.3, -0.25) is 15.1 Å². The van der Waals surface area contributed by atoms with E-state index in [4.69, 9.17) is 26.0 Å². The van der Waals surface area contributed by atoms with Crippen molar-refractivity contribution in [1.29, 1.82) is 0 Å². The van der Waals surface area contributed by atoms with Crippen molar-refractivity contribution in [3.8, 4) is 0 Å². The van der Waals surface area contributed by atoms with Gasteiger partial charge >= 0.3 is 6.16 Å². The molecule has 4 heterocycles. The lowest BCUT2D eigenvalue weighted by molar-refractivity contribution is -0.180. The average Bonchev–Trinajstić information content (AvgIpc) is 3.18. The van der Waals surface area contributed by atoms with E-state index in [9.17, 15) is 9.59 Å². The number of hydroxylamine groups is 3. The largest absolute Gasteiger partial charge is 0.528 e. The third kappa shape index (κ3) is 5.69. The number of nitrogens with one attached hydrogen (secondary N) is 1. The van der Waals surface area contributed by atoms with E-state index < -0.39 is 17.4 Å². The van der Waals surface area contributed by atoms with E-state index in [1.807, 2.05) is 12.1 Å². The number of ether oxygens (including phenoxy) is 1. The van der Waals surface area contributed by atoms with Gasteiger partial charge in [0.2, 0.25) is 0 Å². The number of pyridine rings is 1. The van der Waals surface area contributed by atoms with Gasteiger partial charge in [0.15, 0.2) is 0 Å². The molecule has 0 radical (unpaired) electrons. The maximum atomic E-state index is 13.0. The Hall–Kier alpha value is -2.56. The molecule has 1 aromatic rings. The van der Waals surface area contributed by atoms with E-state index in [0.29, 0.717) is 62.8 Å². The summed E-state index contributed by atoms with van der Waals surface area (Å²) in [6.07, 6.45) is 4.01. The molecule has 4 rings (SSSR count).